The molecule has 0 saturated carbocycles. The van der Waals surface area contributed by atoms with Crippen molar-refractivity contribution >= 4 is 12.2 Å². The van der Waals surface area contributed by atoms with Crippen LogP contribution in [0, 0.1) is 0 Å². The van der Waals surface area contributed by atoms with Crippen molar-refractivity contribution in [2.24, 2.45) is 4.99 Å². The van der Waals surface area contributed by atoms with Gasteiger partial charge in [0, 0.05) is 12.0 Å². The summed E-state index contributed by atoms with van der Waals surface area (Å²) in [6.45, 7) is 9.41. The quantitative estimate of drug-likeness (QED) is 0.808. The molecule has 2 rings (SSSR count). The minimum absolute atomic E-state index is 0.428. The van der Waals surface area contributed by atoms with Crippen LogP contribution in [0.2, 0.25) is 0 Å². The molecular formula is C11H18N4. The first-order chi connectivity index (χ1) is 7.11. The highest BCUT2D eigenvalue weighted by atomic mass is 15.2. The summed E-state index contributed by atoms with van der Waals surface area (Å²) in [6.07, 6.45) is 1.76. The van der Waals surface area contributed by atoms with Gasteiger partial charge in [-0.1, -0.05) is 13.8 Å². The second-order valence-corrected chi connectivity index (χ2v) is 4.50. The van der Waals surface area contributed by atoms with Gasteiger partial charge >= 0.3 is 0 Å². The number of aromatic nitrogens is 2. The lowest BCUT2D eigenvalue weighted by Crippen LogP contribution is -2.13. The number of anilines is 1. The Hall–Kier alpha value is -1.32. The third kappa shape index (κ3) is 1.64. The van der Waals surface area contributed by atoms with E-state index in [4.69, 9.17) is 0 Å². The summed E-state index contributed by atoms with van der Waals surface area (Å²) in [6, 6.07) is 0.428. The standard InChI is InChI=1S/C11H18N4/c1-7(2)10-14-9-5-12-6-13-11(9)15(10)8(3)4/h6-8H,5H2,1-4H3,(H,12,13). The van der Waals surface area contributed by atoms with Gasteiger partial charge < -0.3 is 9.88 Å². The molecule has 4 heteroatoms. The van der Waals surface area contributed by atoms with E-state index in [1.54, 1.807) is 6.34 Å². The van der Waals surface area contributed by atoms with Gasteiger partial charge in [0.2, 0.25) is 0 Å². The molecule has 1 N–H and O–H groups in total. The molecular weight excluding hydrogens is 188 g/mol. The molecule has 4 nitrogen and oxygen atoms in total. The number of nitrogens with zero attached hydrogens (tertiary/aromatic N) is 3. The van der Waals surface area contributed by atoms with E-state index in [2.05, 4.69) is 47.6 Å². The molecule has 0 aliphatic carbocycles. The molecule has 0 saturated heterocycles. The number of hydrogen-bond acceptors (Lipinski definition) is 3. The summed E-state index contributed by atoms with van der Waals surface area (Å²) in [7, 11) is 0. The third-order valence-electron chi connectivity index (χ3n) is 2.58. The molecule has 0 amide bonds. The van der Waals surface area contributed by atoms with Crippen molar-refractivity contribution in [2.75, 3.05) is 5.32 Å². The first-order valence-electron chi connectivity index (χ1n) is 5.47. The van der Waals surface area contributed by atoms with Gasteiger partial charge in [0.1, 0.15) is 17.3 Å². The maximum Gasteiger partial charge on any atom is 0.136 e. The fourth-order valence-corrected chi connectivity index (χ4v) is 1.93. The van der Waals surface area contributed by atoms with Gasteiger partial charge in [-0.25, -0.2) is 4.98 Å². The maximum atomic E-state index is 4.66. The minimum Gasteiger partial charge on any atom is -0.331 e. The number of imidazole rings is 1. The zero-order valence-electron chi connectivity index (χ0n) is 9.78. The summed E-state index contributed by atoms with van der Waals surface area (Å²) in [5.41, 5.74) is 1.06. The fourth-order valence-electron chi connectivity index (χ4n) is 1.93. The zero-order chi connectivity index (χ0) is 11.0. The Morgan fingerprint density at radius 2 is 2.07 bits per heavy atom. The molecule has 0 fully saturated rings. The Morgan fingerprint density at radius 1 is 1.33 bits per heavy atom. The van der Waals surface area contributed by atoms with E-state index in [9.17, 15) is 0 Å². The monoisotopic (exact) mass is 206 g/mol. The second kappa shape index (κ2) is 3.68. The van der Waals surface area contributed by atoms with Crippen LogP contribution in [0.3, 0.4) is 0 Å². The molecule has 82 valence electrons. The number of fused-ring (bicyclic) bond motifs is 1. The smallest absolute Gasteiger partial charge is 0.136 e. The first-order valence-corrected chi connectivity index (χ1v) is 5.47. The van der Waals surface area contributed by atoms with E-state index in [0.717, 1.165) is 17.3 Å². The molecule has 15 heavy (non-hydrogen) atoms. The summed E-state index contributed by atoms with van der Waals surface area (Å²) in [5, 5.41) is 3.20. The molecule has 0 spiro atoms. The van der Waals surface area contributed by atoms with Gasteiger partial charge in [-0.3, -0.25) is 4.99 Å². The third-order valence-corrected chi connectivity index (χ3v) is 2.58. The number of rotatable bonds is 2. The van der Waals surface area contributed by atoms with Gasteiger partial charge in [0.15, 0.2) is 0 Å². The first kappa shape index (κ1) is 10.2. The molecule has 2 heterocycles. The normalized spacial score (nSPS) is 14.5. The van der Waals surface area contributed by atoms with E-state index < -0.39 is 0 Å². The minimum atomic E-state index is 0.428. The Kier molecular flexibility index (Phi) is 2.50. The van der Waals surface area contributed by atoms with Crippen molar-refractivity contribution in [3.8, 4) is 0 Å². The molecule has 0 aromatic carbocycles. The highest BCUT2D eigenvalue weighted by Crippen LogP contribution is 2.28. The molecule has 0 bridgehead atoms. The second-order valence-electron chi connectivity index (χ2n) is 4.50. The lowest BCUT2D eigenvalue weighted by Gasteiger charge is -2.18. The summed E-state index contributed by atoms with van der Waals surface area (Å²) in [5.74, 6) is 2.71. The van der Waals surface area contributed by atoms with E-state index in [1.165, 1.54) is 0 Å². The largest absolute Gasteiger partial charge is 0.331 e. The van der Waals surface area contributed by atoms with Crippen LogP contribution in [0.1, 0.15) is 51.2 Å². The van der Waals surface area contributed by atoms with E-state index in [-0.39, 0.29) is 0 Å². The molecule has 0 unspecified atom stereocenters. The number of hydrogen-bond donors (Lipinski definition) is 1. The van der Waals surface area contributed by atoms with Crippen LogP contribution in [0.25, 0.3) is 0 Å². The molecule has 1 aromatic rings. The summed E-state index contributed by atoms with van der Waals surface area (Å²) < 4.78 is 2.27. The van der Waals surface area contributed by atoms with Crippen LogP contribution in [-0.2, 0) is 6.54 Å². The van der Waals surface area contributed by atoms with E-state index in [1.807, 2.05) is 0 Å². The van der Waals surface area contributed by atoms with Gasteiger partial charge in [-0.2, -0.15) is 0 Å². The Labute approximate surface area is 90.4 Å². The predicted octanol–water partition coefficient (Wildman–Crippen LogP) is 2.54. The van der Waals surface area contributed by atoms with E-state index in [0.29, 0.717) is 18.5 Å². The van der Waals surface area contributed by atoms with Gasteiger partial charge in [-0.15, -0.1) is 0 Å². The number of nitrogens with one attached hydrogen (secondary N) is 1. The van der Waals surface area contributed by atoms with Crippen LogP contribution in [0.5, 0.6) is 0 Å². The van der Waals surface area contributed by atoms with Crippen molar-refractivity contribution < 1.29 is 0 Å². The SMILES string of the molecule is CC(C)c1nc2c(n1C(C)C)NC=NC2. The van der Waals surface area contributed by atoms with E-state index >= 15 is 0 Å². The van der Waals surface area contributed by atoms with Crippen molar-refractivity contribution in [1.82, 2.24) is 9.55 Å². The molecule has 0 atom stereocenters. The molecule has 1 aromatic heterocycles. The van der Waals surface area contributed by atoms with Crippen LogP contribution in [0.4, 0.5) is 5.82 Å². The summed E-state index contributed by atoms with van der Waals surface area (Å²) >= 11 is 0. The van der Waals surface area contributed by atoms with Crippen molar-refractivity contribution in [2.45, 2.75) is 46.2 Å². The van der Waals surface area contributed by atoms with Crippen LogP contribution < -0.4 is 5.32 Å². The van der Waals surface area contributed by atoms with Gasteiger partial charge in [0.25, 0.3) is 0 Å². The fraction of sp³-hybridized carbons (Fsp3) is 0.636. The average Bonchev–Trinajstić information content (AvgIpc) is 2.56. The Morgan fingerprint density at radius 3 is 2.67 bits per heavy atom. The topological polar surface area (TPSA) is 42.2 Å². The Balaban J connectivity index is 2.53. The van der Waals surface area contributed by atoms with Crippen LogP contribution in [-0.4, -0.2) is 15.9 Å². The molecule has 0 radical (unpaired) electrons. The lowest BCUT2D eigenvalue weighted by molar-refractivity contribution is 0.556. The zero-order valence-corrected chi connectivity index (χ0v) is 9.78. The highest BCUT2D eigenvalue weighted by molar-refractivity contribution is 5.77. The number of aliphatic imine (C=N–C) groups is 1. The van der Waals surface area contributed by atoms with Crippen molar-refractivity contribution in [1.29, 1.82) is 0 Å². The van der Waals surface area contributed by atoms with Crippen LogP contribution in [0.15, 0.2) is 4.99 Å². The highest BCUT2D eigenvalue weighted by Gasteiger charge is 2.21. The maximum absolute atomic E-state index is 4.66. The summed E-state index contributed by atoms with van der Waals surface area (Å²) in [4.78, 5) is 8.84. The van der Waals surface area contributed by atoms with Gasteiger partial charge in [-0.05, 0) is 13.8 Å². The predicted molar refractivity (Wildman–Crippen MR) is 62.5 cm³/mol. The van der Waals surface area contributed by atoms with Crippen molar-refractivity contribution in [3.05, 3.63) is 11.5 Å². The molecule has 1 aliphatic heterocycles. The van der Waals surface area contributed by atoms with Crippen molar-refractivity contribution in [3.63, 3.8) is 0 Å². The van der Waals surface area contributed by atoms with Gasteiger partial charge in [0.05, 0.1) is 12.9 Å². The molecule has 1 aliphatic rings. The van der Waals surface area contributed by atoms with Crippen LogP contribution >= 0.6 is 0 Å². The lowest BCUT2D eigenvalue weighted by atomic mass is 10.2. The Bertz CT molecular complexity index is 388. The average molecular weight is 206 g/mol.